The van der Waals surface area contributed by atoms with Crippen LogP contribution in [0.4, 0.5) is 0 Å². The largest absolute Gasteiger partial charge is 0.348 e. The minimum absolute atomic E-state index is 0.0115. The molecular weight excluding hydrogens is 302 g/mol. The van der Waals surface area contributed by atoms with Crippen LogP contribution in [0.1, 0.15) is 30.1 Å². The molecule has 0 spiro atoms. The molecule has 0 radical (unpaired) electrons. The smallest absolute Gasteiger partial charge is 0.253 e. The lowest BCUT2D eigenvalue weighted by Gasteiger charge is -2.15. The predicted molar refractivity (Wildman–Crippen MR) is 74.1 cm³/mol. The van der Waals surface area contributed by atoms with Crippen LogP contribution in [0.5, 0.6) is 0 Å². The summed E-state index contributed by atoms with van der Waals surface area (Å²) in [5.74, 6) is 2.35. The summed E-state index contributed by atoms with van der Waals surface area (Å²) >= 11 is 9.33. The number of amides is 1. The van der Waals surface area contributed by atoms with Gasteiger partial charge in [-0.05, 0) is 34.5 Å². The van der Waals surface area contributed by atoms with Crippen LogP contribution in [-0.2, 0) is 0 Å². The van der Waals surface area contributed by atoms with Crippen LogP contribution >= 0.6 is 27.5 Å². The van der Waals surface area contributed by atoms with Gasteiger partial charge in [-0.15, -0.1) is 12.3 Å². The molecule has 0 bridgehead atoms. The molecule has 1 N–H and O–H groups in total. The lowest BCUT2D eigenvalue weighted by Crippen LogP contribution is -2.34. The summed E-state index contributed by atoms with van der Waals surface area (Å²) in [5, 5.41) is 3.28. The molecule has 0 aliphatic rings. The molecule has 90 valence electrons. The Bertz CT molecular complexity index is 453. The number of benzene rings is 1. The van der Waals surface area contributed by atoms with Crippen molar-refractivity contribution in [2.45, 2.75) is 25.8 Å². The zero-order valence-electron chi connectivity index (χ0n) is 9.47. The summed E-state index contributed by atoms with van der Waals surface area (Å²) in [6, 6.07) is 5.23. The van der Waals surface area contributed by atoms with Crippen LogP contribution in [0, 0.1) is 12.3 Å². The minimum Gasteiger partial charge on any atom is -0.348 e. The summed E-state index contributed by atoms with van der Waals surface area (Å²) in [5.41, 5.74) is 0.455. The molecule has 1 atom stereocenters. The molecule has 0 aliphatic carbocycles. The Morgan fingerprint density at radius 2 is 2.35 bits per heavy atom. The van der Waals surface area contributed by atoms with Crippen molar-refractivity contribution in [3.63, 3.8) is 0 Å². The lowest BCUT2D eigenvalue weighted by molar-refractivity contribution is 0.0937. The van der Waals surface area contributed by atoms with E-state index in [-0.39, 0.29) is 11.9 Å². The number of hydrogen-bond acceptors (Lipinski definition) is 1. The number of halogens is 2. The first-order valence-electron chi connectivity index (χ1n) is 5.28. The lowest BCUT2D eigenvalue weighted by atomic mass is 10.1. The van der Waals surface area contributed by atoms with E-state index < -0.39 is 0 Å². The van der Waals surface area contributed by atoms with Gasteiger partial charge in [-0.25, -0.2) is 0 Å². The Balaban J connectivity index is 2.83. The van der Waals surface area contributed by atoms with Crippen molar-refractivity contribution in [3.05, 3.63) is 33.3 Å². The molecular formula is C13H13BrClNO. The van der Waals surface area contributed by atoms with Gasteiger partial charge in [-0.3, -0.25) is 4.79 Å². The topological polar surface area (TPSA) is 29.1 Å². The maximum atomic E-state index is 12.0. The summed E-state index contributed by atoms with van der Waals surface area (Å²) in [6.45, 7) is 1.98. The zero-order chi connectivity index (χ0) is 12.8. The van der Waals surface area contributed by atoms with Crippen LogP contribution in [0.25, 0.3) is 0 Å². The highest BCUT2D eigenvalue weighted by molar-refractivity contribution is 9.10. The number of nitrogens with one attached hydrogen (secondary N) is 1. The number of rotatable bonds is 4. The predicted octanol–water partition coefficient (Wildman–Crippen LogP) is 3.63. The molecule has 0 saturated carbocycles. The standard InChI is InChI=1S/C13H13BrClNO/c1-3-6-9(4-2)16-13(17)10-7-5-8-11(14)12(10)15/h1,5,7-9H,4,6H2,2H3,(H,16,17). The van der Waals surface area contributed by atoms with E-state index in [4.69, 9.17) is 18.0 Å². The third-order valence-corrected chi connectivity index (χ3v) is 3.68. The van der Waals surface area contributed by atoms with E-state index in [1.807, 2.05) is 6.92 Å². The van der Waals surface area contributed by atoms with Crippen molar-refractivity contribution < 1.29 is 4.79 Å². The average Bonchev–Trinajstić information content (AvgIpc) is 2.31. The van der Waals surface area contributed by atoms with Gasteiger partial charge in [-0.1, -0.05) is 24.6 Å². The van der Waals surface area contributed by atoms with Gasteiger partial charge in [0.05, 0.1) is 10.6 Å². The Kier molecular flexibility index (Phi) is 5.54. The van der Waals surface area contributed by atoms with Gasteiger partial charge < -0.3 is 5.32 Å². The van der Waals surface area contributed by atoms with Crippen molar-refractivity contribution >= 4 is 33.4 Å². The Morgan fingerprint density at radius 1 is 1.65 bits per heavy atom. The van der Waals surface area contributed by atoms with Gasteiger partial charge in [-0.2, -0.15) is 0 Å². The maximum Gasteiger partial charge on any atom is 0.253 e. The van der Waals surface area contributed by atoms with Crippen molar-refractivity contribution in [2.24, 2.45) is 0 Å². The van der Waals surface area contributed by atoms with Gasteiger partial charge >= 0.3 is 0 Å². The summed E-state index contributed by atoms with van der Waals surface area (Å²) < 4.78 is 0.705. The Labute approximate surface area is 115 Å². The summed E-state index contributed by atoms with van der Waals surface area (Å²) in [4.78, 5) is 12.0. The van der Waals surface area contributed by atoms with E-state index in [1.165, 1.54) is 0 Å². The second-order valence-electron chi connectivity index (χ2n) is 3.59. The highest BCUT2D eigenvalue weighted by atomic mass is 79.9. The van der Waals surface area contributed by atoms with E-state index in [0.29, 0.717) is 21.5 Å². The molecule has 1 unspecified atom stereocenters. The first-order chi connectivity index (χ1) is 8.10. The molecule has 0 fully saturated rings. The zero-order valence-corrected chi connectivity index (χ0v) is 11.8. The molecule has 1 aromatic carbocycles. The molecule has 0 aromatic heterocycles. The molecule has 2 nitrogen and oxygen atoms in total. The van der Waals surface area contributed by atoms with Crippen LogP contribution in [0.3, 0.4) is 0 Å². The molecule has 1 amide bonds. The molecule has 0 heterocycles. The SMILES string of the molecule is C#CCC(CC)NC(=O)c1cccc(Br)c1Cl. The Morgan fingerprint density at radius 3 is 2.94 bits per heavy atom. The molecule has 4 heteroatoms. The molecule has 17 heavy (non-hydrogen) atoms. The van der Waals surface area contributed by atoms with Crippen LogP contribution in [-0.4, -0.2) is 11.9 Å². The third kappa shape index (κ3) is 3.76. The molecule has 1 rings (SSSR count). The van der Waals surface area contributed by atoms with Gasteiger partial charge in [0.1, 0.15) is 0 Å². The fourth-order valence-corrected chi connectivity index (χ4v) is 1.96. The molecule has 0 saturated heterocycles. The normalized spacial score (nSPS) is 11.6. The van der Waals surface area contributed by atoms with E-state index in [2.05, 4.69) is 27.2 Å². The Hall–Kier alpha value is -0.980. The molecule has 0 aliphatic heterocycles. The average molecular weight is 315 g/mol. The highest BCUT2D eigenvalue weighted by Crippen LogP contribution is 2.25. The fourth-order valence-electron chi connectivity index (χ4n) is 1.38. The van der Waals surface area contributed by atoms with E-state index in [0.717, 1.165) is 6.42 Å². The van der Waals surface area contributed by atoms with Crippen molar-refractivity contribution in [2.75, 3.05) is 0 Å². The van der Waals surface area contributed by atoms with Crippen molar-refractivity contribution in [1.29, 1.82) is 0 Å². The monoisotopic (exact) mass is 313 g/mol. The van der Waals surface area contributed by atoms with Gasteiger partial charge in [0.25, 0.3) is 5.91 Å². The van der Waals surface area contributed by atoms with E-state index >= 15 is 0 Å². The second-order valence-corrected chi connectivity index (χ2v) is 4.82. The molecule has 1 aromatic rings. The van der Waals surface area contributed by atoms with Crippen molar-refractivity contribution in [3.8, 4) is 12.3 Å². The summed E-state index contributed by atoms with van der Waals surface area (Å²) in [6.07, 6.45) is 6.55. The first kappa shape index (κ1) is 14.1. The second kappa shape index (κ2) is 6.68. The minimum atomic E-state index is -0.196. The first-order valence-corrected chi connectivity index (χ1v) is 6.45. The van der Waals surface area contributed by atoms with E-state index in [1.54, 1.807) is 18.2 Å². The highest BCUT2D eigenvalue weighted by Gasteiger charge is 2.15. The van der Waals surface area contributed by atoms with Gasteiger partial charge in [0, 0.05) is 16.9 Å². The third-order valence-electron chi connectivity index (χ3n) is 2.39. The quantitative estimate of drug-likeness (QED) is 0.845. The van der Waals surface area contributed by atoms with Gasteiger partial charge in [0.2, 0.25) is 0 Å². The van der Waals surface area contributed by atoms with Gasteiger partial charge in [0.15, 0.2) is 0 Å². The number of carbonyl (C=O) groups is 1. The van der Waals surface area contributed by atoms with Crippen molar-refractivity contribution in [1.82, 2.24) is 5.32 Å². The summed E-state index contributed by atoms with van der Waals surface area (Å²) in [7, 11) is 0. The maximum absolute atomic E-state index is 12.0. The van der Waals surface area contributed by atoms with Crippen LogP contribution < -0.4 is 5.32 Å². The van der Waals surface area contributed by atoms with E-state index in [9.17, 15) is 4.79 Å². The van der Waals surface area contributed by atoms with Crippen LogP contribution in [0.15, 0.2) is 22.7 Å². The number of terminal acetylenes is 1. The number of carbonyl (C=O) groups excluding carboxylic acids is 1. The number of hydrogen-bond donors (Lipinski definition) is 1. The fraction of sp³-hybridized carbons (Fsp3) is 0.308. The van der Waals surface area contributed by atoms with Crippen LogP contribution in [0.2, 0.25) is 5.02 Å².